The Balaban J connectivity index is 1.96. The quantitative estimate of drug-likeness (QED) is 0.856. The molecule has 1 aliphatic rings. The standard InChI is InChI=1S/C15H17N3O2S/c1-9-6-11-7-12(20-3)4-5-13(11)10(2)18(9)15(19)14-8-16-17-21-14/h4-5,7-10H,6H2,1-3H3/t9-,10+/m1/s1. The number of nitrogens with zero attached hydrogens (tertiary/aromatic N) is 3. The van der Waals surface area contributed by atoms with E-state index in [0.717, 1.165) is 23.7 Å². The molecule has 0 saturated carbocycles. The van der Waals surface area contributed by atoms with Crippen LogP contribution in [0.5, 0.6) is 5.75 Å². The molecule has 110 valence electrons. The van der Waals surface area contributed by atoms with Crippen molar-refractivity contribution in [3.63, 3.8) is 0 Å². The predicted octanol–water partition coefficient (Wildman–Crippen LogP) is 2.69. The number of benzene rings is 1. The van der Waals surface area contributed by atoms with Gasteiger partial charge in [0.25, 0.3) is 5.91 Å². The van der Waals surface area contributed by atoms with Crippen LogP contribution in [0.2, 0.25) is 0 Å². The van der Waals surface area contributed by atoms with Crippen LogP contribution >= 0.6 is 11.5 Å². The van der Waals surface area contributed by atoms with Crippen molar-refractivity contribution < 1.29 is 9.53 Å². The van der Waals surface area contributed by atoms with Crippen LogP contribution in [0, 0.1) is 0 Å². The largest absolute Gasteiger partial charge is 0.497 e. The summed E-state index contributed by atoms with van der Waals surface area (Å²) in [6.07, 6.45) is 2.37. The lowest BCUT2D eigenvalue weighted by Gasteiger charge is -2.40. The Morgan fingerprint density at radius 2 is 2.24 bits per heavy atom. The number of rotatable bonds is 2. The van der Waals surface area contributed by atoms with Crippen molar-refractivity contribution in [3.05, 3.63) is 40.4 Å². The summed E-state index contributed by atoms with van der Waals surface area (Å²) < 4.78 is 9.07. The molecule has 0 unspecified atom stereocenters. The molecule has 0 radical (unpaired) electrons. The van der Waals surface area contributed by atoms with Crippen molar-refractivity contribution in [2.24, 2.45) is 0 Å². The van der Waals surface area contributed by atoms with E-state index in [9.17, 15) is 4.79 Å². The van der Waals surface area contributed by atoms with Gasteiger partial charge in [-0.1, -0.05) is 10.6 Å². The Morgan fingerprint density at radius 3 is 2.90 bits per heavy atom. The molecule has 1 aromatic carbocycles. The molecule has 0 saturated heterocycles. The topological polar surface area (TPSA) is 55.3 Å². The van der Waals surface area contributed by atoms with Crippen LogP contribution in [0.15, 0.2) is 24.4 Å². The van der Waals surface area contributed by atoms with Crippen LogP contribution in [-0.4, -0.2) is 33.5 Å². The first kappa shape index (κ1) is 14.0. The minimum absolute atomic E-state index is 0.00599. The highest BCUT2D eigenvalue weighted by atomic mass is 32.1. The smallest absolute Gasteiger partial charge is 0.267 e. The molecule has 0 aliphatic carbocycles. The van der Waals surface area contributed by atoms with Crippen LogP contribution in [0.4, 0.5) is 0 Å². The molecule has 0 N–H and O–H groups in total. The molecular formula is C15H17N3O2S. The van der Waals surface area contributed by atoms with Crippen molar-refractivity contribution >= 4 is 17.4 Å². The van der Waals surface area contributed by atoms with Crippen molar-refractivity contribution in [2.45, 2.75) is 32.4 Å². The minimum atomic E-state index is 0.00599. The summed E-state index contributed by atoms with van der Waals surface area (Å²) in [5.74, 6) is 0.867. The normalized spacial score (nSPS) is 21.0. The molecule has 2 heterocycles. The van der Waals surface area contributed by atoms with Gasteiger partial charge in [-0.25, -0.2) is 0 Å². The number of hydrogen-bond donors (Lipinski definition) is 0. The Bertz CT molecular complexity index is 657. The van der Waals surface area contributed by atoms with Crippen molar-refractivity contribution in [1.29, 1.82) is 0 Å². The Morgan fingerprint density at radius 1 is 1.43 bits per heavy atom. The third kappa shape index (κ3) is 2.40. The second-order valence-corrected chi connectivity index (χ2v) is 6.07. The maximum absolute atomic E-state index is 12.6. The molecule has 2 atom stereocenters. The second-order valence-electron chi connectivity index (χ2n) is 5.29. The number of fused-ring (bicyclic) bond motifs is 1. The summed E-state index contributed by atoms with van der Waals surface area (Å²) in [5, 5.41) is 3.76. The molecule has 0 bridgehead atoms. The number of ether oxygens (including phenoxy) is 1. The number of hydrogen-bond acceptors (Lipinski definition) is 5. The summed E-state index contributed by atoms with van der Waals surface area (Å²) in [6.45, 7) is 4.14. The fourth-order valence-corrected chi connectivity index (χ4v) is 3.47. The lowest BCUT2D eigenvalue weighted by Crippen LogP contribution is -2.44. The Labute approximate surface area is 127 Å². The van der Waals surface area contributed by atoms with Gasteiger partial charge in [-0.15, -0.1) is 5.10 Å². The van der Waals surface area contributed by atoms with E-state index in [1.165, 1.54) is 17.3 Å². The zero-order valence-electron chi connectivity index (χ0n) is 12.2. The van der Waals surface area contributed by atoms with Crippen LogP contribution in [0.25, 0.3) is 0 Å². The van der Waals surface area contributed by atoms with E-state index in [4.69, 9.17) is 4.74 Å². The molecule has 3 rings (SSSR count). The van der Waals surface area contributed by atoms with Crippen LogP contribution < -0.4 is 4.74 Å². The van der Waals surface area contributed by atoms with Gasteiger partial charge in [0.05, 0.1) is 19.3 Å². The van der Waals surface area contributed by atoms with Gasteiger partial charge in [-0.2, -0.15) is 0 Å². The number of aromatic nitrogens is 2. The number of methoxy groups -OCH3 is 1. The van der Waals surface area contributed by atoms with Gasteiger partial charge in [0.1, 0.15) is 10.6 Å². The highest BCUT2D eigenvalue weighted by Gasteiger charge is 2.34. The van der Waals surface area contributed by atoms with Crippen LogP contribution in [0.1, 0.15) is 40.7 Å². The Hall–Kier alpha value is -1.95. The molecule has 6 heteroatoms. The highest BCUT2D eigenvalue weighted by molar-refractivity contribution is 7.07. The van der Waals surface area contributed by atoms with Crippen molar-refractivity contribution in [3.8, 4) is 5.75 Å². The van der Waals surface area contributed by atoms with E-state index in [0.29, 0.717) is 4.88 Å². The van der Waals surface area contributed by atoms with Gasteiger partial charge < -0.3 is 9.64 Å². The first-order valence-electron chi connectivity index (χ1n) is 6.88. The zero-order chi connectivity index (χ0) is 15.0. The van der Waals surface area contributed by atoms with Crippen molar-refractivity contribution in [1.82, 2.24) is 14.5 Å². The van der Waals surface area contributed by atoms with E-state index in [1.807, 2.05) is 11.0 Å². The minimum Gasteiger partial charge on any atom is -0.497 e. The van der Waals surface area contributed by atoms with Gasteiger partial charge >= 0.3 is 0 Å². The molecule has 5 nitrogen and oxygen atoms in total. The fourth-order valence-electron chi connectivity index (χ4n) is 3.01. The SMILES string of the molecule is COc1ccc2c(c1)C[C@@H](C)N(C(=O)c1cnns1)[C@H]2C. The molecule has 2 aromatic rings. The summed E-state index contributed by atoms with van der Waals surface area (Å²) in [4.78, 5) is 15.2. The molecule has 1 aliphatic heterocycles. The Kier molecular flexibility index (Phi) is 3.63. The number of carbonyl (C=O) groups excluding carboxylic acids is 1. The second kappa shape index (κ2) is 5.44. The first-order chi connectivity index (χ1) is 10.1. The molecule has 1 amide bonds. The maximum atomic E-state index is 12.6. The van der Waals surface area contributed by atoms with E-state index >= 15 is 0 Å². The van der Waals surface area contributed by atoms with Gasteiger partial charge in [0.15, 0.2) is 0 Å². The number of amides is 1. The molecule has 0 fully saturated rings. The fraction of sp³-hybridized carbons (Fsp3) is 0.400. The zero-order valence-corrected chi connectivity index (χ0v) is 13.1. The van der Waals surface area contributed by atoms with Gasteiger partial charge in [-0.05, 0) is 55.1 Å². The monoisotopic (exact) mass is 303 g/mol. The summed E-state index contributed by atoms with van der Waals surface area (Å²) in [7, 11) is 1.67. The van der Waals surface area contributed by atoms with E-state index in [1.54, 1.807) is 7.11 Å². The molecule has 1 aromatic heterocycles. The number of carbonyl (C=O) groups is 1. The first-order valence-corrected chi connectivity index (χ1v) is 7.66. The third-order valence-electron chi connectivity index (χ3n) is 4.01. The lowest BCUT2D eigenvalue weighted by molar-refractivity contribution is 0.0585. The van der Waals surface area contributed by atoms with Crippen LogP contribution in [0.3, 0.4) is 0 Å². The molecule has 21 heavy (non-hydrogen) atoms. The predicted molar refractivity (Wildman–Crippen MR) is 80.7 cm³/mol. The average Bonchev–Trinajstić information content (AvgIpc) is 3.00. The average molecular weight is 303 g/mol. The van der Waals surface area contributed by atoms with E-state index in [2.05, 4.69) is 35.6 Å². The van der Waals surface area contributed by atoms with Gasteiger partial charge in [0, 0.05) is 6.04 Å². The van der Waals surface area contributed by atoms with Crippen molar-refractivity contribution in [2.75, 3.05) is 7.11 Å². The van der Waals surface area contributed by atoms with Gasteiger partial charge in [0.2, 0.25) is 0 Å². The maximum Gasteiger partial charge on any atom is 0.267 e. The van der Waals surface area contributed by atoms with Crippen LogP contribution in [-0.2, 0) is 6.42 Å². The lowest BCUT2D eigenvalue weighted by atomic mass is 9.89. The summed E-state index contributed by atoms with van der Waals surface area (Å²) in [6, 6.07) is 6.23. The molecular weight excluding hydrogens is 286 g/mol. The van der Waals surface area contributed by atoms with Gasteiger partial charge in [-0.3, -0.25) is 4.79 Å². The van der Waals surface area contributed by atoms with E-state index in [-0.39, 0.29) is 18.0 Å². The summed E-state index contributed by atoms with van der Waals surface area (Å²) in [5.41, 5.74) is 2.43. The highest BCUT2D eigenvalue weighted by Crippen LogP contribution is 2.35. The molecule has 0 spiro atoms. The van der Waals surface area contributed by atoms with E-state index < -0.39 is 0 Å². The summed E-state index contributed by atoms with van der Waals surface area (Å²) >= 11 is 1.14. The third-order valence-corrected chi connectivity index (χ3v) is 4.67.